The SMILES string of the molecule is Cc1cnc(Cl)nc1-c1ccc2c(c1)N(C(C)C)CCO2. The van der Waals surface area contributed by atoms with Gasteiger partial charge in [0.05, 0.1) is 17.9 Å². The lowest BCUT2D eigenvalue weighted by atomic mass is 10.1. The summed E-state index contributed by atoms with van der Waals surface area (Å²) in [5.74, 6) is 0.927. The van der Waals surface area contributed by atoms with Crippen molar-refractivity contribution in [2.24, 2.45) is 0 Å². The number of fused-ring (bicyclic) bond motifs is 1. The van der Waals surface area contributed by atoms with E-state index >= 15 is 0 Å². The van der Waals surface area contributed by atoms with E-state index in [2.05, 4.69) is 34.8 Å². The molecule has 0 saturated carbocycles. The Bertz CT molecular complexity index is 673. The Balaban J connectivity index is 2.10. The zero-order valence-electron chi connectivity index (χ0n) is 12.4. The highest BCUT2D eigenvalue weighted by atomic mass is 35.5. The maximum Gasteiger partial charge on any atom is 0.222 e. The van der Waals surface area contributed by atoms with E-state index in [1.807, 2.05) is 19.1 Å². The summed E-state index contributed by atoms with van der Waals surface area (Å²) in [6.45, 7) is 7.99. The smallest absolute Gasteiger partial charge is 0.222 e. The second kappa shape index (κ2) is 5.53. The van der Waals surface area contributed by atoms with Gasteiger partial charge in [0.2, 0.25) is 5.28 Å². The predicted octanol–water partition coefficient (Wildman–Crippen LogP) is 3.71. The van der Waals surface area contributed by atoms with Gasteiger partial charge in [0.15, 0.2) is 0 Å². The topological polar surface area (TPSA) is 38.2 Å². The summed E-state index contributed by atoms with van der Waals surface area (Å²) in [6, 6.07) is 6.58. The van der Waals surface area contributed by atoms with Crippen molar-refractivity contribution in [1.29, 1.82) is 0 Å². The average Bonchev–Trinajstić information content (AvgIpc) is 2.48. The van der Waals surface area contributed by atoms with Crippen LogP contribution in [-0.4, -0.2) is 29.2 Å². The number of anilines is 1. The minimum absolute atomic E-state index is 0.269. The van der Waals surface area contributed by atoms with E-state index in [4.69, 9.17) is 16.3 Å². The highest BCUT2D eigenvalue weighted by Gasteiger charge is 2.21. The summed E-state index contributed by atoms with van der Waals surface area (Å²) in [5.41, 5.74) is 4.02. The zero-order valence-corrected chi connectivity index (χ0v) is 13.2. The molecule has 4 nitrogen and oxygen atoms in total. The number of ether oxygens (including phenoxy) is 1. The van der Waals surface area contributed by atoms with E-state index in [1.165, 1.54) is 0 Å². The van der Waals surface area contributed by atoms with Crippen molar-refractivity contribution < 1.29 is 4.74 Å². The molecule has 5 heteroatoms. The van der Waals surface area contributed by atoms with Crippen LogP contribution >= 0.6 is 11.6 Å². The summed E-state index contributed by atoms with van der Waals surface area (Å²) >= 11 is 5.93. The number of halogens is 1. The molecule has 0 saturated heterocycles. The predicted molar refractivity (Wildman–Crippen MR) is 85.2 cm³/mol. The maximum absolute atomic E-state index is 5.93. The first kappa shape index (κ1) is 14.1. The molecular formula is C16H18ClN3O. The number of aryl methyl sites for hydroxylation is 1. The van der Waals surface area contributed by atoms with Gasteiger partial charge >= 0.3 is 0 Å². The van der Waals surface area contributed by atoms with E-state index in [-0.39, 0.29) is 5.28 Å². The molecule has 1 aromatic heterocycles. The quantitative estimate of drug-likeness (QED) is 0.793. The fourth-order valence-electron chi connectivity index (χ4n) is 2.63. The van der Waals surface area contributed by atoms with Gasteiger partial charge in [-0.1, -0.05) is 0 Å². The van der Waals surface area contributed by atoms with Gasteiger partial charge < -0.3 is 9.64 Å². The van der Waals surface area contributed by atoms with Crippen molar-refractivity contribution in [3.05, 3.63) is 35.2 Å². The second-order valence-corrected chi connectivity index (χ2v) is 5.83. The van der Waals surface area contributed by atoms with Crippen LogP contribution in [0.15, 0.2) is 24.4 Å². The van der Waals surface area contributed by atoms with Gasteiger partial charge in [0, 0.05) is 17.8 Å². The molecule has 2 heterocycles. The highest BCUT2D eigenvalue weighted by molar-refractivity contribution is 6.28. The Labute approximate surface area is 129 Å². The van der Waals surface area contributed by atoms with Gasteiger partial charge in [-0.05, 0) is 56.1 Å². The van der Waals surface area contributed by atoms with Crippen LogP contribution in [0.1, 0.15) is 19.4 Å². The van der Waals surface area contributed by atoms with Crippen molar-refractivity contribution in [2.75, 3.05) is 18.1 Å². The van der Waals surface area contributed by atoms with Crippen LogP contribution in [0.4, 0.5) is 5.69 Å². The monoisotopic (exact) mass is 303 g/mol. The molecule has 1 aromatic carbocycles. The normalized spacial score (nSPS) is 14.0. The van der Waals surface area contributed by atoms with Crippen LogP contribution in [0.5, 0.6) is 5.75 Å². The van der Waals surface area contributed by atoms with Gasteiger partial charge in [0.1, 0.15) is 12.4 Å². The van der Waals surface area contributed by atoms with Crippen LogP contribution < -0.4 is 9.64 Å². The Morgan fingerprint density at radius 3 is 2.90 bits per heavy atom. The van der Waals surface area contributed by atoms with Crippen LogP contribution in [0, 0.1) is 6.92 Å². The van der Waals surface area contributed by atoms with Crippen molar-refractivity contribution in [3.8, 4) is 17.0 Å². The molecule has 0 N–H and O–H groups in total. The molecule has 1 aliphatic rings. The first-order valence-electron chi connectivity index (χ1n) is 7.09. The molecule has 0 unspecified atom stereocenters. The molecular weight excluding hydrogens is 286 g/mol. The fourth-order valence-corrected chi connectivity index (χ4v) is 2.77. The second-order valence-electron chi connectivity index (χ2n) is 5.49. The molecule has 0 aliphatic carbocycles. The molecule has 0 radical (unpaired) electrons. The number of rotatable bonds is 2. The minimum Gasteiger partial charge on any atom is -0.490 e. The molecule has 110 valence electrons. The number of benzene rings is 1. The molecule has 0 bridgehead atoms. The summed E-state index contributed by atoms with van der Waals surface area (Å²) in [6.07, 6.45) is 1.75. The van der Waals surface area contributed by atoms with Crippen LogP contribution in [-0.2, 0) is 0 Å². The molecule has 0 spiro atoms. The summed E-state index contributed by atoms with van der Waals surface area (Å²) in [5, 5.41) is 0.269. The van der Waals surface area contributed by atoms with Crippen molar-refractivity contribution in [2.45, 2.75) is 26.8 Å². The lowest BCUT2D eigenvalue weighted by Gasteiger charge is -2.34. The summed E-state index contributed by atoms with van der Waals surface area (Å²) < 4.78 is 5.75. The molecule has 0 atom stereocenters. The number of aromatic nitrogens is 2. The molecule has 0 fully saturated rings. The van der Waals surface area contributed by atoms with E-state index in [0.29, 0.717) is 6.04 Å². The van der Waals surface area contributed by atoms with E-state index in [9.17, 15) is 0 Å². The van der Waals surface area contributed by atoms with Crippen molar-refractivity contribution >= 4 is 17.3 Å². The van der Waals surface area contributed by atoms with Gasteiger partial charge in [0.25, 0.3) is 0 Å². The standard InChI is InChI=1S/C16H18ClN3O/c1-10(2)20-6-7-21-14-5-4-12(8-13(14)20)15-11(3)9-18-16(17)19-15/h4-5,8-10H,6-7H2,1-3H3. The van der Waals surface area contributed by atoms with E-state index in [1.54, 1.807) is 6.20 Å². The minimum atomic E-state index is 0.269. The Morgan fingerprint density at radius 2 is 2.14 bits per heavy atom. The third-order valence-corrected chi connectivity index (χ3v) is 3.88. The van der Waals surface area contributed by atoms with Crippen LogP contribution in [0.2, 0.25) is 5.28 Å². The van der Waals surface area contributed by atoms with Crippen LogP contribution in [0.25, 0.3) is 11.3 Å². The number of hydrogen-bond acceptors (Lipinski definition) is 4. The first-order chi connectivity index (χ1) is 10.1. The van der Waals surface area contributed by atoms with Crippen LogP contribution in [0.3, 0.4) is 0 Å². The fraction of sp³-hybridized carbons (Fsp3) is 0.375. The first-order valence-corrected chi connectivity index (χ1v) is 7.47. The molecule has 0 amide bonds. The van der Waals surface area contributed by atoms with Crippen molar-refractivity contribution in [3.63, 3.8) is 0 Å². The van der Waals surface area contributed by atoms with E-state index < -0.39 is 0 Å². The zero-order chi connectivity index (χ0) is 15.0. The number of nitrogens with zero attached hydrogens (tertiary/aromatic N) is 3. The third-order valence-electron chi connectivity index (χ3n) is 3.70. The average molecular weight is 304 g/mol. The lowest BCUT2D eigenvalue weighted by Crippen LogP contribution is -2.37. The molecule has 3 rings (SSSR count). The molecule has 2 aromatic rings. The maximum atomic E-state index is 5.93. The Hall–Kier alpha value is -1.81. The Kier molecular flexibility index (Phi) is 3.72. The summed E-state index contributed by atoms with van der Waals surface area (Å²) in [7, 11) is 0. The van der Waals surface area contributed by atoms with Gasteiger partial charge in [-0.25, -0.2) is 9.97 Å². The lowest BCUT2D eigenvalue weighted by molar-refractivity contribution is 0.303. The molecule has 1 aliphatic heterocycles. The van der Waals surface area contributed by atoms with Gasteiger partial charge in [-0.15, -0.1) is 0 Å². The van der Waals surface area contributed by atoms with Gasteiger partial charge in [-0.3, -0.25) is 0 Å². The molecule has 21 heavy (non-hydrogen) atoms. The van der Waals surface area contributed by atoms with Gasteiger partial charge in [-0.2, -0.15) is 0 Å². The third kappa shape index (κ3) is 2.68. The highest BCUT2D eigenvalue weighted by Crippen LogP contribution is 2.36. The largest absolute Gasteiger partial charge is 0.490 e. The Morgan fingerprint density at radius 1 is 1.33 bits per heavy atom. The van der Waals surface area contributed by atoms with Crippen molar-refractivity contribution in [1.82, 2.24) is 9.97 Å². The van der Waals surface area contributed by atoms with E-state index in [0.717, 1.165) is 41.4 Å². The summed E-state index contributed by atoms with van der Waals surface area (Å²) in [4.78, 5) is 10.7. The number of hydrogen-bond donors (Lipinski definition) is 0.